The Morgan fingerprint density at radius 3 is 3.05 bits per heavy atom. The zero-order valence-corrected chi connectivity index (χ0v) is 14.4. The first-order valence-electron chi connectivity index (χ1n) is 7.00. The van der Waals surface area contributed by atoms with E-state index in [0.29, 0.717) is 6.54 Å². The van der Waals surface area contributed by atoms with Crippen LogP contribution < -0.4 is 10.6 Å². The fraction of sp³-hybridized carbons (Fsp3) is 0.333. The van der Waals surface area contributed by atoms with Crippen molar-refractivity contribution in [2.45, 2.75) is 13.0 Å². The fourth-order valence-corrected chi connectivity index (χ4v) is 2.93. The van der Waals surface area contributed by atoms with Crippen LogP contribution in [0, 0.1) is 5.92 Å². The van der Waals surface area contributed by atoms with Crippen LogP contribution in [0.2, 0.25) is 0 Å². The summed E-state index contributed by atoms with van der Waals surface area (Å²) in [5.74, 6) is 0.863. The number of rotatable bonds is 4. The maximum absolute atomic E-state index is 12.2. The second-order valence-corrected chi connectivity index (χ2v) is 6.10. The number of anilines is 1. The molecule has 1 unspecified atom stereocenters. The molecule has 7 heteroatoms. The molecule has 0 radical (unpaired) electrons. The number of carbonyl (C=O) groups is 1. The van der Waals surface area contributed by atoms with E-state index in [4.69, 9.17) is 0 Å². The van der Waals surface area contributed by atoms with Crippen LogP contribution in [-0.2, 0) is 11.3 Å². The summed E-state index contributed by atoms with van der Waals surface area (Å²) in [6, 6.07) is 9.90. The molecule has 0 bridgehead atoms. The van der Waals surface area contributed by atoms with Crippen LogP contribution in [0.4, 0.5) is 5.82 Å². The Kier molecular flexibility index (Phi) is 5.99. The van der Waals surface area contributed by atoms with Gasteiger partial charge in [0, 0.05) is 17.1 Å². The van der Waals surface area contributed by atoms with Crippen molar-refractivity contribution in [1.82, 2.24) is 15.1 Å². The van der Waals surface area contributed by atoms with E-state index in [2.05, 4.69) is 31.7 Å². The highest BCUT2D eigenvalue weighted by molar-refractivity contribution is 9.10. The molecule has 1 atom stereocenters. The molecular weight excluding hydrogens is 368 g/mol. The molecule has 5 nitrogen and oxygen atoms in total. The van der Waals surface area contributed by atoms with Crippen LogP contribution in [0.1, 0.15) is 12.0 Å². The summed E-state index contributed by atoms with van der Waals surface area (Å²) in [6.07, 6.45) is 2.60. The summed E-state index contributed by atoms with van der Waals surface area (Å²) in [4.78, 5) is 12.2. The van der Waals surface area contributed by atoms with Crippen molar-refractivity contribution < 1.29 is 4.79 Å². The number of carbonyl (C=O) groups excluding carboxylic acids is 1. The lowest BCUT2D eigenvalue weighted by Crippen LogP contribution is -2.26. The molecule has 1 aliphatic heterocycles. The number of hydrogen-bond donors (Lipinski definition) is 2. The van der Waals surface area contributed by atoms with Gasteiger partial charge in [0.15, 0.2) is 0 Å². The second-order valence-electron chi connectivity index (χ2n) is 5.18. The van der Waals surface area contributed by atoms with Gasteiger partial charge in [-0.15, -0.1) is 12.4 Å². The van der Waals surface area contributed by atoms with Crippen molar-refractivity contribution in [1.29, 1.82) is 0 Å². The molecule has 0 spiro atoms. The fourth-order valence-electron chi connectivity index (χ4n) is 2.48. The number of benzene rings is 1. The van der Waals surface area contributed by atoms with Gasteiger partial charge in [0.25, 0.3) is 0 Å². The normalized spacial score (nSPS) is 17.0. The molecule has 118 valence electrons. The van der Waals surface area contributed by atoms with Crippen LogP contribution in [0.15, 0.2) is 41.0 Å². The highest BCUT2D eigenvalue weighted by Gasteiger charge is 2.23. The molecule has 0 saturated carbocycles. The standard InChI is InChI=1S/C15H17BrN4O.ClH/c16-13-3-1-2-11(8-13)10-20-14(5-7-18-20)19-15(21)12-4-6-17-9-12;/h1-3,5,7-8,12,17H,4,6,9-10H2,(H,19,21);1H. The van der Waals surface area contributed by atoms with Gasteiger partial charge in [-0.05, 0) is 30.7 Å². The summed E-state index contributed by atoms with van der Waals surface area (Å²) in [7, 11) is 0. The molecule has 1 saturated heterocycles. The van der Waals surface area contributed by atoms with Gasteiger partial charge in [0.1, 0.15) is 5.82 Å². The summed E-state index contributed by atoms with van der Waals surface area (Å²) in [5, 5.41) is 10.5. The van der Waals surface area contributed by atoms with Crippen LogP contribution >= 0.6 is 28.3 Å². The molecule has 2 heterocycles. The average Bonchev–Trinajstić information content (AvgIpc) is 3.11. The molecule has 1 fully saturated rings. The lowest BCUT2D eigenvalue weighted by atomic mass is 10.1. The van der Waals surface area contributed by atoms with Gasteiger partial charge in [-0.2, -0.15) is 5.10 Å². The van der Waals surface area contributed by atoms with Crippen molar-refractivity contribution in [2.75, 3.05) is 18.4 Å². The Hall–Kier alpha value is -1.37. The summed E-state index contributed by atoms with van der Waals surface area (Å²) < 4.78 is 2.84. The Balaban J connectivity index is 0.00000176. The smallest absolute Gasteiger partial charge is 0.229 e. The van der Waals surface area contributed by atoms with Crippen LogP contribution in [0.25, 0.3) is 0 Å². The number of nitrogens with zero attached hydrogens (tertiary/aromatic N) is 2. The maximum Gasteiger partial charge on any atom is 0.229 e. The lowest BCUT2D eigenvalue weighted by molar-refractivity contribution is -0.119. The number of nitrogens with one attached hydrogen (secondary N) is 2. The predicted octanol–water partition coefficient (Wildman–Crippen LogP) is 2.66. The molecule has 1 aromatic heterocycles. The molecule has 1 amide bonds. The molecule has 3 rings (SSSR count). The Morgan fingerprint density at radius 2 is 2.32 bits per heavy atom. The third-order valence-corrected chi connectivity index (χ3v) is 4.11. The van der Waals surface area contributed by atoms with E-state index in [0.717, 1.165) is 35.4 Å². The topological polar surface area (TPSA) is 59.0 Å². The Labute approximate surface area is 144 Å². The first-order chi connectivity index (χ1) is 10.2. The number of hydrogen-bond acceptors (Lipinski definition) is 3. The molecule has 1 aromatic carbocycles. The minimum absolute atomic E-state index is 0. The van der Waals surface area contributed by atoms with Crippen LogP contribution in [0.3, 0.4) is 0 Å². The van der Waals surface area contributed by atoms with Gasteiger partial charge in [0.05, 0.1) is 18.7 Å². The van der Waals surface area contributed by atoms with Crippen LogP contribution in [-0.4, -0.2) is 28.8 Å². The van der Waals surface area contributed by atoms with E-state index < -0.39 is 0 Å². The number of aromatic nitrogens is 2. The summed E-state index contributed by atoms with van der Waals surface area (Å²) in [6.45, 7) is 2.30. The van der Waals surface area contributed by atoms with Gasteiger partial charge in [-0.25, -0.2) is 4.68 Å². The van der Waals surface area contributed by atoms with E-state index in [1.807, 2.05) is 35.0 Å². The average molecular weight is 386 g/mol. The first kappa shape index (κ1) is 17.0. The zero-order valence-electron chi connectivity index (χ0n) is 12.0. The minimum atomic E-state index is 0. The molecule has 0 aliphatic carbocycles. The third kappa shape index (κ3) is 4.09. The van der Waals surface area contributed by atoms with E-state index >= 15 is 0 Å². The Bertz CT molecular complexity index is 640. The minimum Gasteiger partial charge on any atom is -0.316 e. The Morgan fingerprint density at radius 1 is 1.45 bits per heavy atom. The van der Waals surface area contributed by atoms with Crippen molar-refractivity contribution in [3.05, 3.63) is 46.6 Å². The van der Waals surface area contributed by atoms with Gasteiger partial charge in [-0.1, -0.05) is 28.1 Å². The molecule has 2 aromatic rings. The first-order valence-corrected chi connectivity index (χ1v) is 7.79. The molecular formula is C15H18BrClN4O. The van der Waals surface area contributed by atoms with E-state index in [-0.39, 0.29) is 24.2 Å². The van der Waals surface area contributed by atoms with Gasteiger partial charge < -0.3 is 10.6 Å². The highest BCUT2D eigenvalue weighted by atomic mass is 79.9. The quantitative estimate of drug-likeness (QED) is 0.851. The van der Waals surface area contributed by atoms with Crippen LogP contribution in [0.5, 0.6) is 0 Å². The van der Waals surface area contributed by atoms with E-state index in [9.17, 15) is 4.79 Å². The van der Waals surface area contributed by atoms with Crippen molar-refractivity contribution in [3.8, 4) is 0 Å². The monoisotopic (exact) mass is 384 g/mol. The third-order valence-electron chi connectivity index (χ3n) is 3.62. The SMILES string of the molecule is Cl.O=C(Nc1ccnn1Cc1cccc(Br)c1)C1CCNC1. The van der Waals surface area contributed by atoms with Crippen molar-refractivity contribution in [3.63, 3.8) is 0 Å². The number of halogens is 2. The molecule has 22 heavy (non-hydrogen) atoms. The van der Waals surface area contributed by atoms with E-state index in [1.54, 1.807) is 6.20 Å². The molecule has 2 N–H and O–H groups in total. The van der Waals surface area contributed by atoms with Gasteiger partial charge in [0.2, 0.25) is 5.91 Å². The van der Waals surface area contributed by atoms with Gasteiger partial charge >= 0.3 is 0 Å². The predicted molar refractivity (Wildman–Crippen MR) is 92.3 cm³/mol. The maximum atomic E-state index is 12.2. The lowest BCUT2D eigenvalue weighted by Gasteiger charge is -2.12. The number of amides is 1. The van der Waals surface area contributed by atoms with E-state index in [1.165, 1.54) is 0 Å². The van der Waals surface area contributed by atoms with Gasteiger partial charge in [-0.3, -0.25) is 4.79 Å². The van der Waals surface area contributed by atoms with Crippen molar-refractivity contribution >= 4 is 40.1 Å². The van der Waals surface area contributed by atoms with Crippen molar-refractivity contribution in [2.24, 2.45) is 5.92 Å². The highest BCUT2D eigenvalue weighted by Crippen LogP contribution is 2.16. The zero-order chi connectivity index (χ0) is 14.7. The molecule has 1 aliphatic rings. The summed E-state index contributed by atoms with van der Waals surface area (Å²) in [5.41, 5.74) is 1.13. The summed E-state index contributed by atoms with van der Waals surface area (Å²) >= 11 is 3.46. The second kappa shape index (κ2) is 7.76. The largest absolute Gasteiger partial charge is 0.316 e.